The van der Waals surface area contributed by atoms with E-state index in [0.717, 1.165) is 53.1 Å². The first kappa shape index (κ1) is 20.2. The zero-order valence-electron chi connectivity index (χ0n) is 17.9. The average molecular weight is 428 g/mol. The summed E-state index contributed by atoms with van der Waals surface area (Å²) in [6, 6.07) is 15.5. The van der Waals surface area contributed by atoms with Crippen LogP contribution in [0.4, 0.5) is 5.69 Å². The van der Waals surface area contributed by atoms with Crippen molar-refractivity contribution >= 4 is 17.8 Å². The van der Waals surface area contributed by atoms with E-state index in [0.29, 0.717) is 18.0 Å². The lowest BCUT2D eigenvalue weighted by atomic mass is 10.0. The number of hydrogen-bond acceptors (Lipinski definition) is 6. The number of anilines is 1. The fraction of sp³-hybridized carbons (Fsp3) is 0.240. The molecule has 162 valence electrons. The third-order valence-electron chi connectivity index (χ3n) is 6.12. The van der Waals surface area contributed by atoms with Crippen LogP contribution in [-0.2, 0) is 6.54 Å². The van der Waals surface area contributed by atoms with E-state index in [1.165, 1.54) is 6.21 Å². The predicted octanol–water partition coefficient (Wildman–Crippen LogP) is 3.90. The molecule has 0 aliphatic carbocycles. The molecule has 0 radical (unpaired) electrons. The number of fused-ring (bicyclic) bond motifs is 1. The van der Waals surface area contributed by atoms with Crippen LogP contribution in [0.25, 0.3) is 11.3 Å². The van der Waals surface area contributed by atoms with Gasteiger partial charge in [0, 0.05) is 73.1 Å². The molecular formula is C25H25N5O2. The molecule has 1 saturated heterocycles. The maximum Gasteiger partial charge on any atom is 0.254 e. The molecule has 2 aliphatic heterocycles. The molecule has 1 atom stereocenters. The normalized spacial score (nSPS) is 17.3. The third kappa shape index (κ3) is 3.71. The van der Waals surface area contributed by atoms with Crippen LogP contribution in [0.5, 0.6) is 11.5 Å². The third-order valence-corrected chi connectivity index (χ3v) is 6.12. The molecule has 3 N–H and O–H groups in total. The number of carbonyl (C=O) groups is 1. The number of ether oxygens (including phenoxy) is 1. The van der Waals surface area contributed by atoms with Crippen molar-refractivity contribution in [3.63, 3.8) is 0 Å². The number of aromatic nitrogens is 1. The maximum atomic E-state index is 12.8. The Morgan fingerprint density at radius 1 is 1.19 bits per heavy atom. The summed E-state index contributed by atoms with van der Waals surface area (Å²) in [4.78, 5) is 19.3. The molecule has 1 fully saturated rings. The molecule has 0 spiro atoms. The number of benzene rings is 2. The van der Waals surface area contributed by atoms with Gasteiger partial charge in [-0.3, -0.25) is 9.78 Å². The maximum absolute atomic E-state index is 12.8. The smallest absolute Gasteiger partial charge is 0.254 e. The van der Waals surface area contributed by atoms with E-state index >= 15 is 0 Å². The van der Waals surface area contributed by atoms with Crippen LogP contribution in [0, 0.1) is 5.41 Å². The number of pyridine rings is 1. The van der Waals surface area contributed by atoms with Crippen molar-refractivity contribution < 1.29 is 9.53 Å². The van der Waals surface area contributed by atoms with Crippen molar-refractivity contribution in [2.24, 2.45) is 0 Å². The largest absolute Gasteiger partial charge is 0.457 e. The molecule has 1 amide bonds. The van der Waals surface area contributed by atoms with Gasteiger partial charge in [-0.25, -0.2) is 0 Å². The second-order valence-electron chi connectivity index (χ2n) is 8.07. The van der Waals surface area contributed by atoms with Gasteiger partial charge >= 0.3 is 0 Å². The van der Waals surface area contributed by atoms with Crippen LogP contribution in [-0.4, -0.2) is 48.2 Å². The lowest BCUT2D eigenvalue weighted by Crippen LogP contribution is -2.36. The minimum atomic E-state index is 0.124. The Balaban J connectivity index is 1.38. The van der Waals surface area contributed by atoms with Crippen molar-refractivity contribution in [2.75, 3.05) is 25.5 Å². The number of hydrogen-bond donors (Lipinski definition) is 3. The van der Waals surface area contributed by atoms with Gasteiger partial charge in [0.15, 0.2) is 0 Å². The number of amides is 1. The Morgan fingerprint density at radius 3 is 2.84 bits per heavy atom. The molecule has 3 aromatic rings. The number of nitrogens with one attached hydrogen (secondary N) is 3. The summed E-state index contributed by atoms with van der Waals surface area (Å²) in [6.07, 6.45) is 4.04. The van der Waals surface area contributed by atoms with Gasteiger partial charge in [-0.05, 0) is 48.9 Å². The molecule has 32 heavy (non-hydrogen) atoms. The van der Waals surface area contributed by atoms with Gasteiger partial charge in [0.05, 0.1) is 5.69 Å². The first-order valence-electron chi connectivity index (χ1n) is 10.8. The highest BCUT2D eigenvalue weighted by Crippen LogP contribution is 2.32. The minimum Gasteiger partial charge on any atom is -0.457 e. The molecule has 3 heterocycles. The zero-order valence-corrected chi connectivity index (χ0v) is 17.9. The van der Waals surface area contributed by atoms with Crippen molar-refractivity contribution in [3.05, 3.63) is 71.4 Å². The van der Waals surface area contributed by atoms with Gasteiger partial charge in [-0.15, -0.1) is 0 Å². The van der Waals surface area contributed by atoms with Crippen LogP contribution >= 0.6 is 0 Å². The minimum absolute atomic E-state index is 0.124. The molecule has 0 saturated carbocycles. The van der Waals surface area contributed by atoms with E-state index in [4.69, 9.17) is 10.1 Å². The van der Waals surface area contributed by atoms with Crippen molar-refractivity contribution in [1.82, 2.24) is 15.2 Å². The Labute approximate surface area is 186 Å². The van der Waals surface area contributed by atoms with E-state index < -0.39 is 0 Å². The van der Waals surface area contributed by atoms with Crippen molar-refractivity contribution in [2.45, 2.75) is 19.0 Å². The van der Waals surface area contributed by atoms with Crippen LogP contribution in [0.2, 0.25) is 0 Å². The SMILES string of the molecule is CNc1cc(Oc2ccnc(-c3ccc4c(c3)CN([C@@H]3CCNC3)C4=O)c2)ccc1C=N. The van der Waals surface area contributed by atoms with Gasteiger partial charge in [-0.1, -0.05) is 6.07 Å². The number of carbonyl (C=O) groups excluding carboxylic acids is 1. The zero-order chi connectivity index (χ0) is 22.1. The Kier molecular flexibility index (Phi) is 5.33. The molecular weight excluding hydrogens is 402 g/mol. The van der Waals surface area contributed by atoms with Crippen LogP contribution < -0.4 is 15.4 Å². The highest BCUT2D eigenvalue weighted by Gasteiger charge is 2.34. The van der Waals surface area contributed by atoms with E-state index in [9.17, 15) is 4.79 Å². The number of nitrogens with zero attached hydrogens (tertiary/aromatic N) is 2. The first-order chi connectivity index (χ1) is 15.7. The van der Waals surface area contributed by atoms with Crippen LogP contribution in [0.1, 0.15) is 27.9 Å². The number of rotatable bonds is 6. The molecule has 2 aliphatic rings. The fourth-order valence-corrected chi connectivity index (χ4v) is 4.41. The summed E-state index contributed by atoms with van der Waals surface area (Å²) < 4.78 is 6.05. The quantitative estimate of drug-likeness (QED) is 0.519. The van der Waals surface area contributed by atoms with Crippen molar-refractivity contribution in [1.29, 1.82) is 5.41 Å². The summed E-state index contributed by atoms with van der Waals surface area (Å²) >= 11 is 0. The molecule has 7 heteroatoms. The monoisotopic (exact) mass is 427 g/mol. The fourth-order valence-electron chi connectivity index (χ4n) is 4.41. The van der Waals surface area contributed by atoms with E-state index in [1.807, 2.05) is 54.4 Å². The molecule has 5 rings (SSSR count). The second kappa shape index (κ2) is 8.43. The van der Waals surface area contributed by atoms with Gasteiger partial charge in [0.25, 0.3) is 5.91 Å². The van der Waals surface area contributed by atoms with Gasteiger partial charge in [-0.2, -0.15) is 0 Å². The van der Waals surface area contributed by atoms with Gasteiger partial charge in [0.1, 0.15) is 11.5 Å². The second-order valence-corrected chi connectivity index (χ2v) is 8.07. The van der Waals surface area contributed by atoms with E-state index in [1.54, 1.807) is 6.20 Å². The first-order valence-corrected chi connectivity index (χ1v) is 10.8. The molecule has 7 nitrogen and oxygen atoms in total. The van der Waals surface area contributed by atoms with Gasteiger partial charge < -0.3 is 25.7 Å². The summed E-state index contributed by atoms with van der Waals surface area (Å²) in [5.74, 6) is 1.48. The van der Waals surface area contributed by atoms with E-state index in [2.05, 4.69) is 21.7 Å². The van der Waals surface area contributed by atoms with Crippen molar-refractivity contribution in [3.8, 4) is 22.8 Å². The molecule has 0 bridgehead atoms. The summed E-state index contributed by atoms with van der Waals surface area (Å²) in [5.41, 5.74) is 5.22. The summed E-state index contributed by atoms with van der Waals surface area (Å²) in [5, 5.41) is 13.9. The van der Waals surface area contributed by atoms with E-state index in [-0.39, 0.29) is 11.9 Å². The summed E-state index contributed by atoms with van der Waals surface area (Å²) in [6.45, 7) is 2.48. The highest BCUT2D eigenvalue weighted by molar-refractivity contribution is 5.99. The Hall–Kier alpha value is -3.71. The topological polar surface area (TPSA) is 90.3 Å². The molecule has 2 aromatic carbocycles. The molecule has 0 unspecified atom stereocenters. The Morgan fingerprint density at radius 2 is 2.06 bits per heavy atom. The Bertz CT molecular complexity index is 1190. The van der Waals surface area contributed by atoms with Crippen LogP contribution in [0.15, 0.2) is 54.7 Å². The lowest BCUT2D eigenvalue weighted by Gasteiger charge is -2.22. The molecule has 1 aromatic heterocycles. The predicted molar refractivity (Wildman–Crippen MR) is 125 cm³/mol. The lowest BCUT2D eigenvalue weighted by molar-refractivity contribution is 0.0717. The summed E-state index contributed by atoms with van der Waals surface area (Å²) in [7, 11) is 1.82. The highest BCUT2D eigenvalue weighted by atomic mass is 16.5. The average Bonchev–Trinajstić information content (AvgIpc) is 3.47. The van der Waals surface area contributed by atoms with Gasteiger partial charge in [0.2, 0.25) is 0 Å². The van der Waals surface area contributed by atoms with Crippen LogP contribution in [0.3, 0.4) is 0 Å². The standard InChI is InChI=1S/C25H25N5O2/c1-27-23-11-20(4-2-17(23)13-26)32-21-7-9-29-24(12-21)16-3-5-22-18(10-16)15-30(25(22)31)19-6-8-28-14-19/h2-5,7,9-13,19,26-28H,6,8,14-15H2,1H3/t19-/m1/s1.